The molecule has 0 bridgehead atoms. The molecule has 5 nitrogen and oxygen atoms in total. The lowest BCUT2D eigenvalue weighted by molar-refractivity contribution is -0.141. The van der Waals surface area contributed by atoms with Crippen LogP contribution in [0.1, 0.15) is 44.7 Å². The van der Waals surface area contributed by atoms with Gasteiger partial charge in [0.25, 0.3) is 0 Å². The van der Waals surface area contributed by atoms with E-state index < -0.39 is 6.04 Å². The number of hydrogen-bond donors (Lipinski definition) is 1. The Bertz CT molecular complexity index is 821. The molecule has 6 heteroatoms. The number of benzene rings is 2. The lowest BCUT2D eigenvalue weighted by Crippen LogP contribution is -2.51. The summed E-state index contributed by atoms with van der Waals surface area (Å²) in [6.45, 7) is 6.14. The molecule has 0 fully saturated rings. The zero-order valence-electron chi connectivity index (χ0n) is 18.2. The Morgan fingerprint density at radius 1 is 1.00 bits per heavy atom. The van der Waals surface area contributed by atoms with E-state index in [1.54, 1.807) is 24.1 Å². The minimum atomic E-state index is -0.589. The van der Waals surface area contributed by atoms with Gasteiger partial charge < -0.3 is 15.0 Å². The molecule has 2 rings (SSSR count). The molecule has 2 aromatic carbocycles. The topological polar surface area (TPSA) is 58.6 Å². The van der Waals surface area contributed by atoms with Crippen LogP contribution < -0.4 is 10.1 Å². The molecule has 0 aliphatic rings. The van der Waals surface area contributed by atoms with Crippen molar-refractivity contribution in [3.05, 3.63) is 65.5 Å². The summed E-state index contributed by atoms with van der Waals surface area (Å²) in [5, 5.41) is 2.99. The largest absolute Gasteiger partial charge is 0.497 e. The summed E-state index contributed by atoms with van der Waals surface area (Å²) >= 11 is 0. The molecule has 0 saturated carbocycles. The summed E-state index contributed by atoms with van der Waals surface area (Å²) in [5.74, 6) is 0.0431. The molecule has 0 heterocycles. The molecule has 0 aliphatic carbocycles. The third-order valence-electron chi connectivity index (χ3n) is 5.17. The maximum absolute atomic E-state index is 13.2. The van der Waals surface area contributed by atoms with Gasteiger partial charge in [-0.2, -0.15) is 0 Å². The van der Waals surface area contributed by atoms with Crippen molar-refractivity contribution < 1.29 is 18.7 Å². The van der Waals surface area contributed by atoms with Crippen LogP contribution in [0.2, 0.25) is 0 Å². The monoisotopic (exact) mass is 414 g/mol. The van der Waals surface area contributed by atoms with Gasteiger partial charge in [-0.05, 0) is 55.2 Å². The van der Waals surface area contributed by atoms with Gasteiger partial charge in [0.2, 0.25) is 11.8 Å². The Labute approximate surface area is 178 Å². The molecule has 0 spiro atoms. The maximum atomic E-state index is 13.2. The van der Waals surface area contributed by atoms with Gasteiger partial charge in [-0.25, -0.2) is 4.39 Å². The molecule has 0 aromatic heterocycles. The zero-order chi connectivity index (χ0) is 22.1. The lowest BCUT2D eigenvalue weighted by Gasteiger charge is -2.31. The van der Waals surface area contributed by atoms with Crippen molar-refractivity contribution >= 4 is 11.8 Å². The van der Waals surface area contributed by atoms with Gasteiger partial charge in [-0.3, -0.25) is 9.59 Å². The van der Waals surface area contributed by atoms with Crippen LogP contribution in [-0.2, 0) is 22.6 Å². The third-order valence-corrected chi connectivity index (χ3v) is 5.17. The van der Waals surface area contributed by atoms with Gasteiger partial charge in [0, 0.05) is 12.6 Å². The van der Waals surface area contributed by atoms with Crippen molar-refractivity contribution in [2.45, 2.75) is 58.7 Å². The number of carbonyl (C=O) groups excluding carboxylic acids is 2. The van der Waals surface area contributed by atoms with Gasteiger partial charge in [-0.15, -0.1) is 0 Å². The fourth-order valence-electron chi connectivity index (χ4n) is 3.17. The second-order valence-electron chi connectivity index (χ2n) is 7.41. The first-order valence-corrected chi connectivity index (χ1v) is 10.3. The molecular formula is C24H31FN2O3. The van der Waals surface area contributed by atoms with Crippen LogP contribution in [0.15, 0.2) is 48.5 Å². The molecule has 2 unspecified atom stereocenters. The minimum absolute atomic E-state index is 0.0292. The molecule has 2 aromatic rings. The Balaban J connectivity index is 2.27. The first kappa shape index (κ1) is 23.4. The number of rotatable bonds is 10. The average molecular weight is 415 g/mol. The standard InChI is InChI=1S/C24H31FN2O3/c1-5-17(3)26-24(29)22(6-2)27(16-19-9-13-21(30-4)14-10-19)23(28)15-18-7-11-20(25)12-8-18/h7-14,17,22H,5-6,15-16H2,1-4H3,(H,26,29). The van der Waals surface area contributed by atoms with Crippen molar-refractivity contribution in [3.63, 3.8) is 0 Å². The number of halogens is 1. The summed E-state index contributed by atoms with van der Waals surface area (Å²) in [5.41, 5.74) is 1.61. The third kappa shape index (κ3) is 6.58. The molecular weight excluding hydrogens is 383 g/mol. The Hall–Kier alpha value is -2.89. The van der Waals surface area contributed by atoms with Gasteiger partial charge in [0.05, 0.1) is 13.5 Å². The molecule has 1 N–H and O–H groups in total. The Morgan fingerprint density at radius 2 is 1.60 bits per heavy atom. The molecule has 30 heavy (non-hydrogen) atoms. The molecule has 2 atom stereocenters. The summed E-state index contributed by atoms with van der Waals surface area (Å²) in [6, 6.07) is 12.7. The second-order valence-corrected chi connectivity index (χ2v) is 7.41. The molecule has 0 saturated heterocycles. The SMILES string of the molecule is CCC(C)NC(=O)C(CC)N(Cc1ccc(OC)cc1)C(=O)Cc1ccc(F)cc1. The number of ether oxygens (including phenoxy) is 1. The quantitative estimate of drug-likeness (QED) is 0.637. The predicted molar refractivity (Wildman–Crippen MR) is 116 cm³/mol. The van der Waals surface area contributed by atoms with E-state index >= 15 is 0 Å². The lowest BCUT2D eigenvalue weighted by atomic mass is 10.1. The highest BCUT2D eigenvalue weighted by Gasteiger charge is 2.29. The van der Waals surface area contributed by atoms with E-state index in [-0.39, 0.29) is 30.1 Å². The van der Waals surface area contributed by atoms with E-state index in [4.69, 9.17) is 4.74 Å². The fraction of sp³-hybridized carbons (Fsp3) is 0.417. The van der Waals surface area contributed by atoms with Crippen molar-refractivity contribution in [2.75, 3.05) is 7.11 Å². The summed E-state index contributed by atoms with van der Waals surface area (Å²) in [4.78, 5) is 27.7. The van der Waals surface area contributed by atoms with Crippen LogP contribution in [0.3, 0.4) is 0 Å². The number of nitrogens with zero attached hydrogens (tertiary/aromatic N) is 1. The predicted octanol–water partition coefficient (Wildman–Crippen LogP) is 4.10. The first-order valence-electron chi connectivity index (χ1n) is 10.3. The van der Waals surface area contributed by atoms with Crippen LogP contribution in [0.4, 0.5) is 4.39 Å². The number of carbonyl (C=O) groups is 2. The minimum Gasteiger partial charge on any atom is -0.497 e. The highest BCUT2D eigenvalue weighted by atomic mass is 19.1. The van der Waals surface area contributed by atoms with Gasteiger partial charge in [0.1, 0.15) is 17.6 Å². The van der Waals surface area contributed by atoms with Crippen LogP contribution in [-0.4, -0.2) is 35.9 Å². The molecule has 0 aliphatic heterocycles. The Morgan fingerprint density at radius 3 is 2.13 bits per heavy atom. The van der Waals surface area contributed by atoms with Crippen molar-refractivity contribution in [1.29, 1.82) is 0 Å². The van der Waals surface area contributed by atoms with Gasteiger partial charge >= 0.3 is 0 Å². The zero-order valence-corrected chi connectivity index (χ0v) is 18.2. The molecule has 0 radical (unpaired) electrons. The number of nitrogens with one attached hydrogen (secondary N) is 1. The van der Waals surface area contributed by atoms with E-state index in [9.17, 15) is 14.0 Å². The Kier molecular flexibility index (Phi) is 8.84. The first-order chi connectivity index (χ1) is 14.4. The van der Waals surface area contributed by atoms with E-state index in [2.05, 4.69) is 5.32 Å². The van der Waals surface area contributed by atoms with Gasteiger partial charge in [-0.1, -0.05) is 38.1 Å². The number of methoxy groups -OCH3 is 1. The van der Waals surface area contributed by atoms with Crippen LogP contribution in [0, 0.1) is 5.82 Å². The molecule has 162 valence electrons. The smallest absolute Gasteiger partial charge is 0.243 e. The summed E-state index contributed by atoms with van der Waals surface area (Å²) in [7, 11) is 1.60. The molecule has 2 amide bonds. The van der Waals surface area contributed by atoms with Crippen molar-refractivity contribution in [1.82, 2.24) is 10.2 Å². The van der Waals surface area contributed by atoms with E-state index in [1.165, 1.54) is 12.1 Å². The average Bonchev–Trinajstić information content (AvgIpc) is 2.75. The number of amides is 2. The summed E-state index contributed by atoms with van der Waals surface area (Å²) < 4.78 is 18.4. The maximum Gasteiger partial charge on any atom is 0.243 e. The van der Waals surface area contributed by atoms with Crippen LogP contribution in [0.5, 0.6) is 5.75 Å². The van der Waals surface area contributed by atoms with Gasteiger partial charge in [0.15, 0.2) is 0 Å². The normalized spacial score (nSPS) is 12.7. The highest BCUT2D eigenvalue weighted by Crippen LogP contribution is 2.18. The number of hydrogen-bond acceptors (Lipinski definition) is 3. The summed E-state index contributed by atoms with van der Waals surface area (Å²) in [6.07, 6.45) is 1.40. The van der Waals surface area contributed by atoms with Crippen molar-refractivity contribution in [3.8, 4) is 5.75 Å². The van der Waals surface area contributed by atoms with E-state index in [0.717, 1.165) is 17.7 Å². The van der Waals surface area contributed by atoms with E-state index in [1.807, 2.05) is 45.0 Å². The fourth-order valence-corrected chi connectivity index (χ4v) is 3.17. The highest BCUT2D eigenvalue weighted by molar-refractivity contribution is 5.88. The van der Waals surface area contributed by atoms with E-state index in [0.29, 0.717) is 18.5 Å². The van der Waals surface area contributed by atoms with Crippen molar-refractivity contribution in [2.24, 2.45) is 0 Å². The second kappa shape index (κ2) is 11.3. The van der Waals surface area contributed by atoms with Crippen LogP contribution in [0.25, 0.3) is 0 Å². The van der Waals surface area contributed by atoms with Crippen LogP contribution >= 0.6 is 0 Å².